The van der Waals surface area contributed by atoms with Gasteiger partial charge >= 0.3 is 0 Å². The minimum Gasteiger partial charge on any atom is -0.494 e. The van der Waals surface area contributed by atoms with Crippen LogP contribution in [0.15, 0.2) is 42.5 Å². The Hall–Kier alpha value is -2.40. The van der Waals surface area contributed by atoms with Gasteiger partial charge in [0.1, 0.15) is 5.75 Å². The number of thiocarbonyl (C=S) groups is 1. The number of hydrogen-bond acceptors (Lipinski definition) is 3. The van der Waals surface area contributed by atoms with Gasteiger partial charge in [0.15, 0.2) is 5.11 Å². The minimum atomic E-state index is -0.241. The monoisotopic (exact) mass is 398 g/mol. The molecule has 5 heteroatoms. The van der Waals surface area contributed by atoms with Crippen molar-refractivity contribution in [1.82, 2.24) is 5.32 Å². The Morgan fingerprint density at radius 1 is 0.964 bits per heavy atom. The standard InChI is InChI=1S/C23H30N2O2S/c1-4-5-6-7-8-16-27-20-14-12-19(13-15-20)22(26)25-23(28)24-21-17(2)10-9-11-18(21)3/h9-15H,4-8,16H2,1-3H3,(H2,24,25,26,28). The van der Waals surface area contributed by atoms with Gasteiger partial charge in [-0.1, -0.05) is 50.8 Å². The van der Waals surface area contributed by atoms with E-state index >= 15 is 0 Å². The van der Waals surface area contributed by atoms with Crippen LogP contribution in [0, 0.1) is 13.8 Å². The first kappa shape index (κ1) is 21.9. The first-order valence-corrected chi connectivity index (χ1v) is 10.3. The molecule has 0 aliphatic heterocycles. The smallest absolute Gasteiger partial charge is 0.257 e. The number of unbranched alkanes of at least 4 members (excludes halogenated alkanes) is 4. The molecule has 0 heterocycles. The van der Waals surface area contributed by atoms with Crippen molar-refractivity contribution in [3.8, 4) is 5.75 Å². The van der Waals surface area contributed by atoms with Crippen LogP contribution >= 0.6 is 12.2 Å². The maximum atomic E-state index is 12.4. The van der Waals surface area contributed by atoms with Crippen LogP contribution < -0.4 is 15.4 Å². The predicted molar refractivity (Wildman–Crippen MR) is 120 cm³/mol. The molecule has 0 unspecified atom stereocenters. The van der Waals surface area contributed by atoms with Gasteiger partial charge in [-0.25, -0.2) is 0 Å². The molecule has 2 rings (SSSR count). The molecule has 0 bridgehead atoms. The molecule has 0 saturated heterocycles. The largest absolute Gasteiger partial charge is 0.494 e. The number of para-hydroxylation sites is 1. The van der Waals surface area contributed by atoms with E-state index in [2.05, 4.69) is 17.6 Å². The van der Waals surface area contributed by atoms with Crippen LogP contribution in [0.4, 0.5) is 5.69 Å². The second-order valence-electron chi connectivity index (χ2n) is 6.96. The molecule has 2 aromatic rings. The fraction of sp³-hybridized carbons (Fsp3) is 0.391. The summed E-state index contributed by atoms with van der Waals surface area (Å²) in [5.41, 5.74) is 3.62. The summed E-state index contributed by atoms with van der Waals surface area (Å²) in [5.74, 6) is 0.540. The summed E-state index contributed by atoms with van der Waals surface area (Å²) in [4.78, 5) is 12.4. The Bertz CT molecular complexity index is 767. The molecule has 28 heavy (non-hydrogen) atoms. The van der Waals surface area contributed by atoms with E-state index in [1.807, 2.05) is 44.2 Å². The van der Waals surface area contributed by atoms with Crippen molar-refractivity contribution in [2.24, 2.45) is 0 Å². The van der Waals surface area contributed by atoms with Gasteiger partial charge in [0, 0.05) is 11.3 Å². The van der Waals surface area contributed by atoms with Crippen LogP contribution in [0.5, 0.6) is 5.75 Å². The molecule has 0 radical (unpaired) electrons. The number of aryl methyl sites for hydroxylation is 2. The Labute approximate surface area is 173 Å². The Morgan fingerprint density at radius 2 is 1.61 bits per heavy atom. The van der Waals surface area contributed by atoms with Crippen molar-refractivity contribution < 1.29 is 9.53 Å². The number of nitrogens with one attached hydrogen (secondary N) is 2. The quantitative estimate of drug-likeness (QED) is 0.415. The molecule has 2 N–H and O–H groups in total. The summed E-state index contributed by atoms with van der Waals surface area (Å²) in [7, 11) is 0. The van der Waals surface area contributed by atoms with E-state index in [4.69, 9.17) is 17.0 Å². The summed E-state index contributed by atoms with van der Waals surface area (Å²) < 4.78 is 5.74. The predicted octanol–water partition coefficient (Wildman–Crippen LogP) is 5.78. The normalized spacial score (nSPS) is 10.4. The summed E-state index contributed by atoms with van der Waals surface area (Å²) >= 11 is 5.29. The molecule has 0 saturated carbocycles. The van der Waals surface area contributed by atoms with Gasteiger partial charge in [-0.05, 0) is 67.9 Å². The maximum absolute atomic E-state index is 12.4. The van der Waals surface area contributed by atoms with Gasteiger partial charge in [0.25, 0.3) is 5.91 Å². The van der Waals surface area contributed by atoms with Gasteiger partial charge in [-0.2, -0.15) is 0 Å². The average molecular weight is 399 g/mol. The molecule has 1 amide bonds. The molecular weight excluding hydrogens is 368 g/mol. The number of amides is 1. The Balaban J connectivity index is 1.81. The van der Waals surface area contributed by atoms with Crippen molar-refractivity contribution in [3.05, 3.63) is 59.2 Å². The van der Waals surface area contributed by atoms with E-state index in [1.165, 1.54) is 25.7 Å². The van der Waals surface area contributed by atoms with Gasteiger partial charge in [0.2, 0.25) is 0 Å². The molecule has 0 fully saturated rings. The van der Waals surface area contributed by atoms with Crippen LogP contribution in [-0.4, -0.2) is 17.6 Å². The summed E-state index contributed by atoms with van der Waals surface area (Å²) in [6.45, 7) is 6.92. The van der Waals surface area contributed by atoms with Crippen LogP contribution in [0.25, 0.3) is 0 Å². The fourth-order valence-electron chi connectivity index (χ4n) is 2.93. The van der Waals surface area contributed by atoms with E-state index in [0.717, 1.165) is 29.0 Å². The van der Waals surface area contributed by atoms with Crippen molar-refractivity contribution in [2.45, 2.75) is 52.9 Å². The summed E-state index contributed by atoms with van der Waals surface area (Å²) in [6, 6.07) is 13.1. The highest BCUT2D eigenvalue weighted by atomic mass is 32.1. The molecule has 0 aliphatic rings. The van der Waals surface area contributed by atoms with Crippen LogP contribution in [0.2, 0.25) is 0 Å². The first-order chi connectivity index (χ1) is 13.5. The number of hydrogen-bond donors (Lipinski definition) is 2. The number of ether oxygens (including phenoxy) is 1. The van der Waals surface area contributed by atoms with Crippen molar-refractivity contribution >= 4 is 28.9 Å². The topological polar surface area (TPSA) is 50.4 Å². The molecule has 0 aromatic heterocycles. The molecule has 150 valence electrons. The third-order valence-corrected chi connectivity index (χ3v) is 4.78. The summed E-state index contributed by atoms with van der Waals surface area (Å²) in [6.07, 6.45) is 6.03. The highest BCUT2D eigenvalue weighted by Gasteiger charge is 2.10. The third kappa shape index (κ3) is 6.97. The summed E-state index contributed by atoms with van der Waals surface area (Å²) in [5, 5.41) is 6.13. The van der Waals surface area contributed by atoms with E-state index in [1.54, 1.807) is 12.1 Å². The SMILES string of the molecule is CCCCCCCOc1ccc(C(=O)NC(=S)Nc2c(C)cccc2C)cc1. The lowest BCUT2D eigenvalue weighted by atomic mass is 10.1. The zero-order valence-electron chi connectivity index (χ0n) is 17.0. The number of carbonyl (C=O) groups excluding carboxylic acids is 1. The second-order valence-corrected chi connectivity index (χ2v) is 7.37. The van der Waals surface area contributed by atoms with E-state index in [9.17, 15) is 4.79 Å². The molecule has 0 aliphatic carbocycles. The first-order valence-electron chi connectivity index (χ1n) is 9.92. The second kappa shape index (κ2) is 11.4. The van der Waals surface area contributed by atoms with Crippen LogP contribution in [-0.2, 0) is 0 Å². The lowest BCUT2D eigenvalue weighted by Gasteiger charge is -2.14. The highest BCUT2D eigenvalue weighted by molar-refractivity contribution is 7.80. The fourth-order valence-corrected chi connectivity index (χ4v) is 3.12. The molecule has 2 aromatic carbocycles. The third-order valence-electron chi connectivity index (χ3n) is 4.58. The molecular formula is C23H30N2O2S. The van der Waals surface area contributed by atoms with E-state index in [-0.39, 0.29) is 11.0 Å². The number of anilines is 1. The highest BCUT2D eigenvalue weighted by Crippen LogP contribution is 2.19. The number of carbonyl (C=O) groups is 1. The van der Waals surface area contributed by atoms with E-state index in [0.29, 0.717) is 12.2 Å². The lowest BCUT2D eigenvalue weighted by molar-refractivity contribution is 0.0977. The minimum absolute atomic E-state index is 0.241. The van der Waals surface area contributed by atoms with Gasteiger partial charge in [-0.15, -0.1) is 0 Å². The van der Waals surface area contributed by atoms with Gasteiger partial charge in [0.05, 0.1) is 6.61 Å². The van der Waals surface area contributed by atoms with Crippen molar-refractivity contribution in [3.63, 3.8) is 0 Å². The number of benzene rings is 2. The van der Waals surface area contributed by atoms with Crippen molar-refractivity contribution in [1.29, 1.82) is 0 Å². The maximum Gasteiger partial charge on any atom is 0.257 e. The van der Waals surface area contributed by atoms with Crippen LogP contribution in [0.3, 0.4) is 0 Å². The van der Waals surface area contributed by atoms with Crippen molar-refractivity contribution in [2.75, 3.05) is 11.9 Å². The Kier molecular flexibility index (Phi) is 8.95. The zero-order chi connectivity index (χ0) is 20.4. The zero-order valence-corrected chi connectivity index (χ0v) is 17.8. The lowest BCUT2D eigenvalue weighted by Crippen LogP contribution is -2.34. The molecule has 4 nitrogen and oxygen atoms in total. The number of rotatable bonds is 9. The Morgan fingerprint density at radius 3 is 2.25 bits per heavy atom. The van der Waals surface area contributed by atoms with Crippen LogP contribution in [0.1, 0.15) is 60.5 Å². The molecule has 0 spiro atoms. The van der Waals surface area contributed by atoms with Gasteiger partial charge < -0.3 is 10.1 Å². The molecule has 0 atom stereocenters. The van der Waals surface area contributed by atoms with E-state index < -0.39 is 0 Å². The van der Waals surface area contributed by atoms with Gasteiger partial charge in [-0.3, -0.25) is 10.1 Å². The average Bonchev–Trinajstić information content (AvgIpc) is 2.68.